The third-order valence-electron chi connectivity index (χ3n) is 10.3. The summed E-state index contributed by atoms with van der Waals surface area (Å²) >= 11 is 0. The van der Waals surface area contributed by atoms with Crippen molar-refractivity contribution in [1.82, 2.24) is 9.13 Å². The minimum atomic E-state index is -0.232. The van der Waals surface area contributed by atoms with Crippen LogP contribution >= 0.6 is 0 Å². The summed E-state index contributed by atoms with van der Waals surface area (Å²) in [6.07, 6.45) is 0. The first-order valence-corrected chi connectivity index (χ1v) is 16.5. The van der Waals surface area contributed by atoms with Gasteiger partial charge in [-0.1, -0.05) is 97.0 Å². The summed E-state index contributed by atoms with van der Waals surface area (Å²) in [5, 5.41) is 8.55. The molecular weight excluding hydrogens is 613 g/mol. The van der Waals surface area contributed by atoms with E-state index in [1.165, 1.54) is 0 Å². The van der Waals surface area contributed by atoms with E-state index in [1.54, 1.807) is 0 Å². The fraction of sp³-hybridized carbons (Fsp3) is 0. The maximum absolute atomic E-state index is 9.52. The summed E-state index contributed by atoms with van der Waals surface area (Å²) in [5.74, 6) is 0. The monoisotopic (exact) mass is 644 g/mol. The Labute approximate surface area is 293 Å². The highest BCUT2D eigenvalue weighted by molar-refractivity contribution is 6.26. The first kappa shape index (κ1) is 21.2. The Balaban J connectivity index is 1.34. The molecule has 4 heterocycles. The molecule has 0 bridgehead atoms. The second-order valence-corrected chi connectivity index (χ2v) is 12.8. The molecule has 50 heavy (non-hydrogen) atoms. The van der Waals surface area contributed by atoms with Gasteiger partial charge in [0.1, 0.15) is 22.3 Å². The Hall–Kier alpha value is -6.78. The zero-order valence-corrected chi connectivity index (χ0v) is 26.3. The van der Waals surface area contributed by atoms with Crippen LogP contribution in [0.1, 0.15) is 8.22 Å². The molecule has 0 amide bonds. The zero-order chi connectivity index (χ0) is 37.7. The highest BCUT2D eigenvalue weighted by atomic mass is 16.3. The van der Waals surface area contributed by atoms with Gasteiger partial charge in [-0.15, -0.1) is 0 Å². The van der Waals surface area contributed by atoms with Crippen LogP contribution in [0.25, 0.3) is 110 Å². The van der Waals surface area contributed by atoms with E-state index in [1.807, 2.05) is 88.0 Å². The van der Waals surface area contributed by atoms with E-state index >= 15 is 0 Å². The molecule has 0 unspecified atom stereocenters. The Kier molecular flexibility index (Phi) is 4.01. The van der Waals surface area contributed by atoms with Crippen molar-refractivity contribution in [3.05, 3.63) is 158 Å². The predicted octanol–water partition coefficient (Wildman–Crippen LogP) is 12.8. The lowest BCUT2D eigenvalue weighted by Gasteiger charge is -2.12. The standard InChI is InChI=1S/C46H26N2O2/c1-2-12-28-27(11-1)23-24-37-44(28)33-25-32-29-13-3-6-16-34(29)47(35-17-9-21-42-45(35)30-14-4-7-19-40(30)49-42)38(32)26-39(33)48(37)36-18-10-22-43-46(36)31-15-5-8-20-41(31)50-43/h1-26H/i9D,10D,17D,18D,21D,22D. The Bertz CT molecular complexity index is 3740. The summed E-state index contributed by atoms with van der Waals surface area (Å²) < 4.78 is 71.3. The number of nitrogens with zero attached hydrogens (tertiary/aromatic N) is 2. The molecule has 0 radical (unpaired) electrons. The molecule has 0 spiro atoms. The molecule has 232 valence electrons. The second-order valence-electron chi connectivity index (χ2n) is 12.8. The van der Waals surface area contributed by atoms with Crippen LogP contribution in [0.2, 0.25) is 0 Å². The van der Waals surface area contributed by atoms with E-state index in [2.05, 4.69) is 42.5 Å². The topological polar surface area (TPSA) is 36.1 Å². The van der Waals surface area contributed by atoms with E-state index in [0.717, 1.165) is 65.2 Å². The average Bonchev–Trinajstić information content (AvgIpc) is 3.98. The van der Waals surface area contributed by atoms with E-state index < -0.39 is 0 Å². The summed E-state index contributed by atoms with van der Waals surface area (Å²) in [6.45, 7) is 0. The lowest BCUT2D eigenvalue weighted by molar-refractivity contribution is 0.668. The van der Waals surface area contributed by atoms with Crippen LogP contribution in [0, 0.1) is 0 Å². The van der Waals surface area contributed by atoms with Gasteiger partial charge in [-0.3, -0.25) is 0 Å². The quantitative estimate of drug-likeness (QED) is 0.188. The van der Waals surface area contributed by atoms with Crippen molar-refractivity contribution in [2.45, 2.75) is 0 Å². The van der Waals surface area contributed by atoms with Crippen LogP contribution in [0.4, 0.5) is 0 Å². The van der Waals surface area contributed by atoms with Crippen LogP contribution in [-0.2, 0) is 0 Å². The molecule has 12 aromatic rings. The minimum Gasteiger partial charge on any atom is -0.456 e. The van der Waals surface area contributed by atoms with Crippen LogP contribution in [0.5, 0.6) is 0 Å². The number of furan rings is 2. The lowest BCUT2D eigenvalue weighted by atomic mass is 10.0. The SMILES string of the molecule is [2H]c1c([2H])c(-n2c3ccccc3c3cc4c5c6ccccc6ccc5n(-c5c([2H])c([2H])c([2H])c6oc7ccccc7c56)c4cc32)c2c(oc3ccccc32)c1[2H]. The Morgan fingerprint density at radius 1 is 0.380 bits per heavy atom. The molecule has 0 aliphatic carbocycles. The second kappa shape index (κ2) is 9.43. The van der Waals surface area contributed by atoms with Crippen molar-refractivity contribution in [3.8, 4) is 11.4 Å². The van der Waals surface area contributed by atoms with Gasteiger partial charge in [0, 0.05) is 32.3 Å². The maximum atomic E-state index is 9.52. The van der Waals surface area contributed by atoms with Gasteiger partial charge in [0.2, 0.25) is 0 Å². The molecule has 12 rings (SSSR count). The van der Waals surface area contributed by atoms with E-state index in [-0.39, 0.29) is 47.4 Å². The lowest BCUT2D eigenvalue weighted by Crippen LogP contribution is -1.97. The molecule has 0 saturated carbocycles. The van der Waals surface area contributed by atoms with Crippen molar-refractivity contribution in [1.29, 1.82) is 0 Å². The summed E-state index contributed by atoms with van der Waals surface area (Å²) in [6, 6.07) is 38.8. The fourth-order valence-electron chi connectivity index (χ4n) is 8.22. The third kappa shape index (κ3) is 3.30. The molecule has 8 aromatic carbocycles. The number of fused-ring (bicyclic) bond motifs is 14. The molecular formula is C46H26N2O2. The number of hydrogen-bond acceptors (Lipinski definition) is 2. The van der Waals surface area contributed by atoms with Crippen LogP contribution < -0.4 is 0 Å². The summed E-state index contributed by atoms with van der Waals surface area (Å²) in [7, 11) is 0. The van der Waals surface area contributed by atoms with Gasteiger partial charge in [-0.05, 0) is 71.3 Å². The van der Waals surface area contributed by atoms with Gasteiger partial charge in [-0.2, -0.15) is 0 Å². The van der Waals surface area contributed by atoms with Crippen LogP contribution in [0.15, 0.2) is 166 Å². The largest absolute Gasteiger partial charge is 0.456 e. The van der Waals surface area contributed by atoms with Gasteiger partial charge >= 0.3 is 0 Å². The number of para-hydroxylation sites is 3. The van der Waals surface area contributed by atoms with Crippen molar-refractivity contribution < 1.29 is 17.1 Å². The fourth-order valence-corrected chi connectivity index (χ4v) is 8.22. The van der Waals surface area contributed by atoms with Crippen LogP contribution in [0.3, 0.4) is 0 Å². The van der Waals surface area contributed by atoms with Gasteiger partial charge in [0.15, 0.2) is 0 Å². The third-order valence-corrected chi connectivity index (χ3v) is 10.3. The molecule has 0 atom stereocenters. The van der Waals surface area contributed by atoms with E-state index in [4.69, 9.17) is 14.3 Å². The smallest absolute Gasteiger partial charge is 0.137 e. The van der Waals surface area contributed by atoms with Gasteiger partial charge in [0.25, 0.3) is 0 Å². The molecule has 0 aliphatic heterocycles. The van der Waals surface area contributed by atoms with Crippen molar-refractivity contribution >= 4 is 98.3 Å². The molecule has 0 fully saturated rings. The average molecular weight is 645 g/mol. The number of aromatic nitrogens is 2. The van der Waals surface area contributed by atoms with Crippen LogP contribution in [-0.4, -0.2) is 9.13 Å². The number of benzene rings is 8. The molecule has 4 aromatic heterocycles. The first-order valence-electron chi connectivity index (χ1n) is 19.5. The van der Waals surface area contributed by atoms with Crippen molar-refractivity contribution in [2.75, 3.05) is 0 Å². The van der Waals surface area contributed by atoms with Gasteiger partial charge < -0.3 is 18.0 Å². The van der Waals surface area contributed by atoms with Crippen molar-refractivity contribution in [3.63, 3.8) is 0 Å². The number of rotatable bonds is 2. The number of hydrogen-bond donors (Lipinski definition) is 0. The summed E-state index contributed by atoms with van der Waals surface area (Å²) in [4.78, 5) is 0. The van der Waals surface area contributed by atoms with Crippen molar-refractivity contribution in [2.24, 2.45) is 0 Å². The van der Waals surface area contributed by atoms with Gasteiger partial charge in [0.05, 0.1) is 52.4 Å². The van der Waals surface area contributed by atoms with Gasteiger partial charge in [-0.25, -0.2) is 0 Å². The maximum Gasteiger partial charge on any atom is 0.137 e. The first-order chi connectivity index (χ1) is 27.3. The normalized spacial score (nSPS) is 14.1. The molecule has 4 nitrogen and oxygen atoms in total. The molecule has 0 saturated heterocycles. The zero-order valence-electron chi connectivity index (χ0n) is 32.3. The highest BCUT2D eigenvalue weighted by Gasteiger charge is 2.23. The van der Waals surface area contributed by atoms with E-state index in [9.17, 15) is 2.74 Å². The van der Waals surface area contributed by atoms with E-state index in [0.29, 0.717) is 33.3 Å². The summed E-state index contributed by atoms with van der Waals surface area (Å²) in [5.41, 5.74) is 5.70. The highest BCUT2D eigenvalue weighted by Crippen LogP contribution is 2.45. The predicted molar refractivity (Wildman–Crippen MR) is 207 cm³/mol. The Morgan fingerprint density at radius 2 is 0.940 bits per heavy atom. The minimum absolute atomic E-state index is 0.0896. The molecule has 4 heteroatoms. The molecule has 0 aliphatic rings. The molecule has 0 N–H and O–H groups in total. The Morgan fingerprint density at radius 3 is 1.64 bits per heavy atom.